The van der Waals surface area contributed by atoms with Gasteiger partial charge in [0.15, 0.2) is 0 Å². The molecule has 0 amide bonds. The molecule has 3 nitrogen and oxygen atoms in total. The molecule has 0 unspecified atom stereocenters. The van der Waals surface area contributed by atoms with Crippen LogP contribution in [0.5, 0.6) is 0 Å². The fraction of sp³-hybridized carbons (Fsp3) is 0.0769. The van der Waals surface area contributed by atoms with Gasteiger partial charge in [-0.2, -0.15) is 0 Å². The fourth-order valence-electron chi connectivity index (χ4n) is 1.55. The summed E-state index contributed by atoms with van der Waals surface area (Å²) in [5.41, 5.74) is 0.983. The van der Waals surface area contributed by atoms with Gasteiger partial charge in [0, 0.05) is 15.8 Å². The zero-order chi connectivity index (χ0) is 13.9. The second-order valence-corrected chi connectivity index (χ2v) is 6.59. The van der Waals surface area contributed by atoms with Crippen LogP contribution in [-0.4, -0.2) is 10.2 Å². The number of thioether (sulfide) groups is 1. The van der Waals surface area contributed by atoms with Gasteiger partial charge in [-0.05, 0) is 29.1 Å². The third-order valence-corrected chi connectivity index (χ3v) is 4.82. The Morgan fingerprint density at radius 3 is 2.85 bits per heavy atom. The lowest BCUT2D eigenvalue weighted by Gasteiger charge is -2.01. The Bertz CT molecular complexity index is 713. The zero-order valence-corrected chi connectivity index (χ0v) is 13.2. The molecule has 0 fully saturated rings. The molecule has 3 rings (SSSR count). The van der Waals surface area contributed by atoms with E-state index < -0.39 is 0 Å². The van der Waals surface area contributed by atoms with Crippen LogP contribution in [0.2, 0.25) is 10.0 Å². The van der Waals surface area contributed by atoms with Crippen LogP contribution in [-0.2, 0) is 5.75 Å². The van der Waals surface area contributed by atoms with E-state index in [9.17, 15) is 0 Å². The quantitative estimate of drug-likeness (QED) is 0.595. The Kier molecular flexibility index (Phi) is 4.31. The SMILES string of the molecule is Clc1ccc(CSc2nnc(-c3cccs3)o2)c(Cl)c1. The summed E-state index contributed by atoms with van der Waals surface area (Å²) in [6.07, 6.45) is 0. The molecule has 1 aromatic carbocycles. The van der Waals surface area contributed by atoms with E-state index >= 15 is 0 Å². The van der Waals surface area contributed by atoms with E-state index in [0.717, 1.165) is 10.4 Å². The highest BCUT2D eigenvalue weighted by Crippen LogP contribution is 2.30. The van der Waals surface area contributed by atoms with Gasteiger partial charge in [-0.15, -0.1) is 21.5 Å². The summed E-state index contributed by atoms with van der Waals surface area (Å²) in [4.78, 5) is 0.967. The summed E-state index contributed by atoms with van der Waals surface area (Å²) < 4.78 is 5.60. The van der Waals surface area contributed by atoms with Gasteiger partial charge in [0.1, 0.15) is 0 Å². The van der Waals surface area contributed by atoms with E-state index in [1.54, 1.807) is 17.4 Å². The van der Waals surface area contributed by atoms with Crippen molar-refractivity contribution >= 4 is 46.3 Å². The third-order valence-electron chi connectivity index (χ3n) is 2.50. The molecule has 0 saturated heterocycles. The molecule has 2 aromatic heterocycles. The highest BCUT2D eigenvalue weighted by atomic mass is 35.5. The molecule has 0 spiro atoms. The summed E-state index contributed by atoms with van der Waals surface area (Å²) in [5.74, 6) is 1.20. The van der Waals surface area contributed by atoms with Crippen LogP contribution in [0.1, 0.15) is 5.56 Å². The highest BCUT2D eigenvalue weighted by molar-refractivity contribution is 7.98. The first kappa shape index (κ1) is 13.9. The summed E-state index contributed by atoms with van der Waals surface area (Å²) >= 11 is 15.0. The van der Waals surface area contributed by atoms with Crippen LogP contribution < -0.4 is 0 Å². The molecule has 0 aliphatic heterocycles. The normalized spacial score (nSPS) is 10.9. The average molecular weight is 343 g/mol. The fourth-order valence-corrected chi connectivity index (χ4v) is 3.51. The van der Waals surface area contributed by atoms with E-state index in [4.69, 9.17) is 27.6 Å². The summed E-state index contributed by atoms with van der Waals surface area (Å²) in [5, 5.41) is 11.8. The van der Waals surface area contributed by atoms with E-state index in [-0.39, 0.29) is 0 Å². The zero-order valence-electron chi connectivity index (χ0n) is 10.0. The van der Waals surface area contributed by atoms with E-state index in [1.165, 1.54) is 11.8 Å². The van der Waals surface area contributed by atoms with E-state index in [2.05, 4.69) is 10.2 Å². The number of benzene rings is 1. The first-order valence-corrected chi connectivity index (χ1v) is 8.28. The number of thiophene rings is 1. The standard InChI is InChI=1S/C13H8Cl2N2OS2/c14-9-4-3-8(10(15)6-9)7-20-13-17-16-12(18-13)11-2-1-5-19-11/h1-6H,7H2. The van der Waals surface area contributed by atoms with Crippen molar-refractivity contribution in [1.29, 1.82) is 0 Å². The predicted octanol–water partition coefficient (Wildman–Crippen LogP) is 5.40. The molecule has 20 heavy (non-hydrogen) atoms. The molecule has 3 aromatic rings. The molecule has 102 valence electrons. The lowest BCUT2D eigenvalue weighted by Crippen LogP contribution is -1.82. The van der Waals surface area contributed by atoms with E-state index in [1.807, 2.05) is 29.6 Å². The molecule has 0 atom stereocenters. The summed E-state index contributed by atoms with van der Waals surface area (Å²) in [6.45, 7) is 0. The molecular weight excluding hydrogens is 335 g/mol. The van der Waals surface area contributed by atoms with Gasteiger partial charge in [-0.1, -0.05) is 47.1 Å². The van der Waals surface area contributed by atoms with Gasteiger partial charge in [0.2, 0.25) is 0 Å². The Balaban J connectivity index is 1.70. The monoisotopic (exact) mass is 342 g/mol. The first-order valence-electron chi connectivity index (χ1n) is 5.66. The first-order chi connectivity index (χ1) is 9.72. The molecule has 0 bridgehead atoms. The number of halogens is 2. The minimum atomic E-state index is 0.527. The largest absolute Gasteiger partial charge is 0.410 e. The van der Waals surface area contributed by atoms with Crippen LogP contribution in [0.4, 0.5) is 0 Å². The molecule has 0 N–H and O–H groups in total. The predicted molar refractivity (Wildman–Crippen MR) is 83.6 cm³/mol. The van der Waals surface area contributed by atoms with Crippen molar-refractivity contribution in [3.8, 4) is 10.8 Å². The number of hydrogen-bond acceptors (Lipinski definition) is 5. The van der Waals surface area contributed by atoms with Crippen LogP contribution in [0.25, 0.3) is 10.8 Å². The second-order valence-electron chi connectivity index (χ2n) is 3.87. The van der Waals surface area contributed by atoms with Crippen LogP contribution in [0, 0.1) is 0 Å². The van der Waals surface area contributed by atoms with Gasteiger partial charge in [0.05, 0.1) is 4.88 Å². The Hall–Kier alpha value is -1.01. The number of hydrogen-bond donors (Lipinski definition) is 0. The van der Waals surface area contributed by atoms with Crippen molar-refractivity contribution in [2.45, 2.75) is 11.0 Å². The van der Waals surface area contributed by atoms with Crippen molar-refractivity contribution in [3.05, 3.63) is 51.3 Å². The van der Waals surface area contributed by atoms with Gasteiger partial charge in [0.25, 0.3) is 11.1 Å². The summed E-state index contributed by atoms with van der Waals surface area (Å²) in [7, 11) is 0. The Labute approximate surface area is 133 Å². The van der Waals surface area contributed by atoms with Crippen molar-refractivity contribution in [1.82, 2.24) is 10.2 Å². The topological polar surface area (TPSA) is 38.9 Å². The maximum Gasteiger partial charge on any atom is 0.277 e. The Morgan fingerprint density at radius 1 is 1.20 bits per heavy atom. The number of nitrogens with zero attached hydrogens (tertiary/aromatic N) is 2. The second kappa shape index (κ2) is 6.18. The third kappa shape index (κ3) is 3.17. The molecule has 0 aliphatic carbocycles. The molecule has 0 radical (unpaired) electrons. The number of aromatic nitrogens is 2. The molecule has 7 heteroatoms. The maximum atomic E-state index is 6.12. The average Bonchev–Trinajstić information content (AvgIpc) is 3.08. The van der Waals surface area contributed by atoms with Crippen LogP contribution in [0.3, 0.4) is 0 Å². The Morgan fingerprint density at radius 2 is 2.10 bits per heavy atom. The minimum Gasteiger partial charge on any atom is -0.410 e. The maximum absolute atomic E-state index is 6.12. The van der Waals surface area contributed by atoms with Gasteiger partial charge >= 0.3 is 0 Å². The van der Waals surface area contributed by atoms with Crippen molar-refractivity contribution in [2.24, 2.45) is 0 Å². The smallest absolute Gasteiger partial charge is 0.277 e. The molecule has 0 aliphatic rings. The lowest BCUT2D eigenvalue weighted by molar-refractivity contribution is 0.466. The minimum absolute atomic E-state index is 0.527. The molecule has 2 heterocycles. The van der Waals surface area contributed by atoms with Gasteiger partial charge in [-0.3, -0.25) is 0 Å². The van der Waals surface area contributed by atoms with Crippen LogP contribution >= 0.6 is 46.3 Å². The highest BCUT2D eigenvalue weighted by Gasteiger charge is 2.10. The summed E-state index contributed by atoms with van der Waals surface area (Å²) in [6, 6.07) is 9.33. The van der Waals surface area contributed by atoms with Crippen molar-refractivity contribution in [2.75, 3.05) is 0 Å². The van der Waals surface area contributed by atoms with Gasteiger partial charge in [-0.25, -0.2) is 0 Å². The van der Waals surface area contributed by atoms with E-state index in [0.29, 0.717) is 26.9 Å². The van der Waals surface area contributed by atoms with Crippen molar-refractivity contribution in [3.63, 3.8) is 0 Å². The number of rotatable bonds is 4. The van der Waals surface area contributed by atoms with Gasteiger partial charge < -0.3 is 4.42 Å². The van der Waals surface area contributed by atoms with Crippen molar-refractivity contribution < 1.29 is 4.42 Å². The van der Waals surface area contributed by atoms with Crippen LogP contribution in [0.15, 0.2) is 45.4 Å². The molecular formula is C13H8Cl2N2OS2. The molecule has 0 saturated carbocycles. The lowest BCUT2D eigenvalue weighted by atomic mass is 10.2.